The van der Waals surface area contributed by atoms with Crippen LogP contribution in [0.25, 0.3) is 22.2 Å². The first kappa shape index (κ1) is 33.1. The highest BCUT2D eigenvalue weighted by Gasteiger charge is 2.42. The van der Waals surface area contributed by atoms with Crippen LogP contribution in [0.3, 0.4) is 0 Å². The minimum Gasteiger partial charge on any atom is -0.390 e. The van der Waals surface area contributed by atoms with Crippen LogP contribution in [0.2, 0.25) is 0 Å². The van der Waals surface area contributed by atoms with Crippen molar-refractivity contribution < 1.29 is 19.2 Å². The molecule has 2 aromatic carbocycles. The number of primary amides is 1. The quantitative estimate of drug-likeness (QED) is 0.0638. The number of hydrogen-bond donors (Lipinski definition) is 5. The molecule has 47 heavy (non-hydrogen) atoms. The maximum absolute atomic E-state index is 13.0. The largest absolute Gasteiger partial charge is 0.390 e. The number of anilines is 1. The van der Waals surface area contributed by atoms with Crippen molar-refractivity contribution >= 4 is 58.1 Å². The first-order chi connectivity index (χ1) is 22.9. The molecule has 0 aliphatic carbocycles. The van der Waals surface area contributed by atoms with Gasteiger partial charge in [0.05, 0.1) is 34.1 Å². The number of rotatable bonds is 17. The van der Waals surface area contributed by atoms with Crippen molar-refractivity contribution in [2.24, 2.45) is 5.73 Å². The van der Waals surface area contributed by atoms with Crippen LogP contribution in [0.5, 0.6) is 0 Å². The van der Waals surface area contributed by atoms with Crippen molar-refractivity contribution in [2.75, 3.05) is 31.5 Å². The van der Waals surface area contributed by atoms with Gasteiger partial charge in [-0.3, -0.25) is 24.3 Å². The van der Waals surface area contributed by atoms with Gasteiger partial charge < -0.3 is 31.9 Å². The number of nitrogens with zero attached hydrogens (tertiary/aromatic N) is 3. The number of allylic oxidation sites excluding steroid dienone is 1. The molecule has 244 valence electrons. The van der Waals surface area contributed by atoms with Crippen LogP contribution in [0.4, 0.5) is 5.69 Å². The highest BCUT2D eigenvalue weighted by atomic mass is 16.2. The van der Waals surface area contributed by atoms with Gasteiger partial charge in [0, 0.05) is 49.7 Å². The third-order valence-corrected chi connectivity index (χ3v) is 8.38. The van der Waals surface area contributed by atoms with Gasteiger partial charge in [-0.25, -0.2) is 4.98 Å². The van der Waals surface area contributed by atoms with Gasteiger partial charge in [-0.05, 0) is 73.7 Å². The fourth-order valence-electron chi connectivity index (χ4n) is 5.82. The zero-order valence-electron chi connectivity index (χ0n) is 26.3. The zero-order chi connectivity index (χ0) is 33.2. The number of nitrogens with two attached hydrogens (primary N) is 1. The third-order valence-electron chi connectivity index (χ3n) is 8.38. The Bertz CT molecular complexity index is 1730. The van der Waals surface area contributed by atoms with Gasteiger partial charge in [0.2, 0.25) is 5.91 Å². The normalized spacial score (nSPS) is 15.3. The topological polar surface area (TPSA) is 183 Å². The van der Waals surface area contributed by atoms with Crippen LogP contribution in [0.1, 0.15) is 76.9 Å². The summed E-state index contributed by atoms with van der Waals surface area (Å²) in [4.78, 5) is 58.7. The Morgan fingerprint density at radius 2 is 1.85 bits per heavy atom. The van der Waals surface area contributed by atoms with E-state index in [0.29, 0.717) is 29.8 Å². The van der Waals surface area contributed by atoms with E-state index in [1.807, 2.05) is 12.3 Å². The highest BCUT2D eigenvalue weighted by Crippen LogP contribution is 2.29. The molecule has 2 aliphatic rings. The van der Waals surface area contributed by atoms with Gasteiger partial charge in [0.1, 0.15) is 12.3 Å². The first-order valence-corrected chi connectivity index (χ1v) is 16.0. The number of unbranched alkanes of at least 4 members (excludes halogenated alkanes) is 3. The molecule has 0 spiro atoms. The Morgan fingerprint density at radius 1 is 1.04 bits per heavy atom. The van der Waals surface area contributed by atoms with Gasteiger partial charge in [-0.2, -0.15) is 0 Å². The number of nitrogens with one attached hydrogen (secondary N) is 4. The lowest BCUT2D eigenvalue weighted by Crippen LogP contribution is -2.47. The summed E-state index contributed by atoms with van der Waals surface area (Å²) in [6, 6.07) is 9.94. The summed E-state index contributed by atoms with van der Waals surface area (Å²) in [6.45, 7) is 3.29. The van der Waals surface area contributed by atoms with Crippen LogP contribution >= 0.6 is 0 Å². The molecule has 1 atom stereocenters. The molecular formula is C35H40N8O4. The van der Waals surface area contributed by atoms with Gasteiger partial charge >= 0.3 is 0 Å². The summed E-state index contributed by atoms with van der Waals surface area (Å²) in [5.74, 6) is -1.98. The number of carbonyl (C=O) groups excluding carboxylic acids is 4. The average molecular weight is 637 g/mol. The number of amides is 3. The van der Waals surface area contributed by atoms with Crippen LogP contribution in [0.15, 0.2) is 54.9 Å². The Labute approximate surface area is 273 Å². The minimum absolute atomic E-state index is 0.00218. The standard InChI is InChI=1S/C35H40N8O4/c36-20-25(31-22-41-29-10-7-24(18-30(29)42-31)23-11-15-38-16-12-23)21-39-13-3-1-2-4-14-40-26-8-9-27-28(19-26)35(47)43(34(27)46)32(33(37)45)6-5-17-44/h7-11,17-22,32,36,38-40H,1-6,12-16H2,(H2,37,45)/b25-21+,36-20?. The van der Waals surface area contributed by atoms with Crippen molar-refractivity contribution in [1.29, 1.82) is 5.41 Å². The van der Waals surface area contributed by atoms with Gasteiger partial charge in [0.15, 0.2) is 0 Å². The van der Waals surface area contributed by atoms with Crippen molar-refractivity contribution in [1.82, 2.24) is 25.5 Å². The molecule has 12 heteroatoms. The second-order valence-electron chi connectivity index (χ2n) is 11.6. The second-order valence-corrected chi connectivity index (χ2v) is 11.6. The van der Waals surface area contributed by atoms with Crippen LogP contribution in [-0.4, -0.2) is 77.3 Å². The molecule has 0 saturated carbocycles. The van der Waals surface area contributed by atoms with Crippen molar-refractivity contribution in [2.45, 2.75) is 51.0 Å². The number of hydrogen-bond acceptors (Lipinski definition) is 10. The van der Waals surface area contributed by atoms with E-state index in [1.54, 1.807) is 24.4 Å². The van der Waals surface area contributed by atoms with E-state index in [-0.39, 0.29) is 24.0 Å². The number of imide groups is 1. The molecule has 0 bridgehead atoms. The number of benzene rings is 2. The van der Waals surface area contributed by atoms with E-state index in [0.717, 1.165) is 73.2 Å². The summed E-state index contributed by atoms with van der Waals surface area (Å²) >= 11 is 0. The fraction of sp³-hybridized carbons (Fsp3) is 0.343. The predicted molar refractivity (Wildman–Crippen MR) is 182 cm³/mol. The molecule has 3 heterocycles. The summed E-state index contributed by atoms with van der Waals surface area (Å²) in [7, 11) is 0. The Hall–Kier alpha value is -5.23. The zero-order valence-corrected chi connectivity index (χ0v) is 26.3. The molecule has 6 N–H and O–H groups in total. The maximum Gasteiger partial charge on any atom is 0.262 e. The molecule has 0 radical (unpaired) electrons. The Kier molecular flexibility index (Phi) is 11.2. The average Bonchev–Trinajstić information content (AvgIpc) is 3.33. The number of aromatic nitrogens is 2. The molecule has 0 fully saturated rings. The lowest BCUT2D eigenvalue weighted by molar-refractivity contribution is -0.122. The van der Waals surface area contributed by atoms with E-state index < -0.39 is 23.8 Å². The van der Waals surface area contributed by atoms with E-state index in [1.165, 1.54) is 11.8 Å². The smallest absolute Gasteiger partial charge is 0.262 e. The summed E-state index contributed by atoms with van der Waals surface area (Å²) in [5, 5.41) is 17.8. The van der Waals surface area contributed by atoms with Crippen molar-refractivity contribution in [3.8, 4) is 0 Å². The summed E-state index contributed by atoms with van der Waals surface area (Å²) < 4.78 is 0. The molecule has 2 aliphatic heterocycles. The number of fused-ring (bicyclic) bond motifs is 2. The summed E-state index contributed by atoms with van der Waals surface area (Å²) in [6.07, 6.45) is 12.5. The summed E-state index contributed by atoms with van der Waals surface area (Å²) in [5.41, 5.74) is 12.0. The monoisotopic (exact) mass is 636 g/mol. The first-order valence-electron chi connectivity index (χ1n) is 16.0. The van der Waals surface area contributed by atoms with Gasteiger partial charge in [-0.1, -0.05) is 25.0 Å². The third kappa shape index (κ3) is 7.95. The predicted octanol–water partition coefficient (Wildman–Crippen LogP) is 3.69. The highest BCUT2D eigenvalue weighted by molar-refractivity contribution is 6.23. The molecule has 3 aromatic rings. The van der Waals surface area contributed by atoms with Gasteiger partial charge in [0.25, 0.3) is 11.8 Å². The van der Waals surface area contributed by atoms with E-state index in [9.17, 15) is 19.2 Å². The van der Waals surface area contributed by atoms with E-state index >= 15 is 0 Å². The number of carbonyl (C=O) groups is 4. The van der Waals surface area contributed by atoms with E-state index in [2.05, 4.69) is 39.1 Å². The lowest BCUT2D eigenvalue weighted by atomic mass is 10.00. The van der Waals surface area contributed by atoms with Crippen LogP contribution in [0, 0.1) is 5.41 Å². The SMILES string of the molecule is N=C/C(=C\NCCCCCCNc1ccc2c(c1)C(=O)N(C(CCC=O)C(N)=O)C2=O)c1cnc2ccc(C3=CCNCC3)cc2n1. The van der Waals surface area contributed by atoms with Crippen molar-refractivity contribution in [3.63, 3.8) is 0 Å². The van der Waals surface area contributed by atoms with Crippen LogP contribution in [-0.2, 0) is 9.59 Å². The molecule has 1 unspecified atom stereocenters. The maximum atomic E-state index is 13.0. The second kappa shape index (κ2) is 15.9. The molecule has 5 rings (SSSR count). The lowest BCUT2D eigenvalue weighted by Gasteiger charge is -2.22. The fourth-order valence-corrected chi connectivity index (χ4v) is 5.82. The van der Waals surface area contributed by atoms with E-state index in [4.69, 9.17) is 16.1 Å². The molecule has 1 aromatic heterocycles. The molecule has 12 nitrogen and oxygen atoms in total. The molecular weight excluding hydrogens is 596 g/mol. The van der Waals surface area contributed by atoms with Crippen molar-refractivity contribution in [3.05, 3.63) is 77.3 Å². The van der Waals surface area contributed by atoms with Crippen LogP contribution < -0.4 is 21.7 Å². The minimum atomic E-state index is -1.16. The Morgan fingerprint density at radius 3 is 2.60 bits per heavy atom. The Balaban J connectivity index is 1.05. The van der Waals surface area contributed by atoms with Gasteiger partial charge in [-0.15, -0.1) is 0 Å². The molecule has 3 amide bonds. The number of aldehydes is 1. The molecule has 0 saturated heterocycles.